The van der Waals surface area contributed by atoms with Gasteiger partial charge in [-0.25, -0.2) is 4.63 Å². The maximum absolute atomic E-state index is 12.8. The van der Waals surface area contributed by atoms with Crippen molar-refractivity contribution in [1.29, 1.82) is 0 Å². The average molecular weight is 384 g/mol. The molecule has 0 atom stereocenters. The van der Waals surface area contributed by atoms with E-state index in [1.807, 2.05) is 18.2 Å². The van der Waals surface area contributed by atoms with Gasteiger partial charge in [-0.05, 0) is 59.8 Å². The van der Waals surface area contributed by atoms with Crippen molar-refractivity contribution in [3.8, 4) is 0 Å². The number of hydrogen-bond acceptors (Lipinski definition) is 7. The first-order valence-electron chi connectivity index (χ1n) is 9.30. The number of ether oxygens (including phenoxy) is 1. The summed E-state index contributed by atoms with van der Waals surface area (Å²) in [4.78, 5) is 17.1. The number of fused-ring (bicyclic) bond motifs is 2. The Balaban J connectivity index is 1.42. The Kier molecular flexibility index (Phi) is 4.29. The Morgan fingerprint density at radius 1 is 1.11 bits per heavy atom. The molecule has 2 aliphatic rings. The number of thiophene rings is 1. The molecule has 3 heterocycles. The summed E-state index contributed by atoms with van der Waals surface area (Å²) in [6.45, 7) is 2.98. The summed E-state index contributed by atoms with van der Waals surface area (Å²) in [5, 5.41) is 11.1. The van der Waals surface area contributed by atoms with Crippen LogP contribution in [-0.2, 0) is 17.6 Å². The van der Waals surface area contributed by atoms with E-state index in [9.17, 15) is 4.79 Å². The van der Waals surface area contributed by atoms with Crippen molar-refractivity contribution in [3.05, 3.63) is 33.5 Å². The van der Waals surface area contributed by atoms with Crippen LogP contribution < -0.4 is 10.2 Å². The first-order valence-corrected chi connectivity index (χ1v) is 10.1. The molecular weight excluding hydrogens is 364 g/mol. The van der Waals surface area contributed by atoms with Gasteiger partial charge in [-0.3, -0.25) is 4.79 Å². The Bertz CT molecular complexity index is 967. The molecule has 5 rings (SSSR count). The zero-order chi connectivity index (χ0) is 18.2. The highest BCUT2D eigenvalue weighted by molar-refractivity contribution is 7.14. The van der Waals surface area contributed by atoms with Crippen LogP contribution in [0.4, 0.5) is 11.4 Å². The maximum Gasteiger partial charge on any atom is 0.265 e. The average Bonchev–Trinajstić information content (AvgIpc) is 3.36. The molecule has 1 aromatic carbocycles. The van der Waals surface area contributed by atoms with Crippen molar-refractivity contribution < 1.29 is 14.2 Å². The number of hydrogen-bond donors (Lipinski definition) is 1. The number of benzene rings is 1. The second kappa shape index (κ2) is 6.94. The minimum Gasteiger partial charge on any atom is -0.378 e. The van der Waals surface area contributed by atoms with Gasteiger partial charge in [0.15, 0.2) is 11.0 Å². The van der Waals surface area contributed by atoms with Crippen molar-refractivity contribution >= 4 is 39.7 Å². The molecule has 7 nitrogen and oxygen atoms in total. The molecule has 27 heavy (non-hydrogen) atoms. The third kappa shape index (κ3) is 3.08. The Labute approximate surface area is 160 Å². The van der Waals surface area contributed by atoms with Gasteiger partial charge < -0.3 is 15.0 Å². The lowest BCUT2D eigenvalue weighted by Gasteiger charge is -2.28. The normalized spacial score (nSPS) is 17.1. The number of nitrogens with one attached hydrogen (secondary N) is 1. The molecule has 0 radical (unpaired) electrons. The van der Waals surface area contributed by atoms with E-state index in [2.05, 4.69) is 20.5 Å². The molecule has 140 valence electrons. The van der Waals surface area contributed by atoms with Crippen LogP contribution in [0.1, 0.15) is 33.0 Å². The maximum atomic E-state index is 12.8. The topological polar surface area (TPSA) is 80.5 Å². The zero-order valence-electron chi connectivity index (χ0n) is 14.9. The van der Waals surface area contributed by atoms with E-state index in [0.29, 0.717) is 29.9 Å². The van der Waals surface area contributed by atoms with Gasteiger partial charge in [0.25, 0.3) is 5.91 Å². The van der Waals surface area contributed by atoms with E-state index in [0.717, 1.165) is 36.5 Å². The fourth-order valence-corrected chi connectivity index (χ4v) is 4.95. The van der Waals surface area contributed by atoms with Gasteiger partial charge in [0.05, 0.1) is 29.5 Å². The molecule has 1 aliphatic carbocycles. The minimum absolute atomic E-state index is 0.0992. The van der Waals surface area contributed by atoms with Crippen LogP contribution in [-0.4, -0.2) is 42.5 Å². The molecule has 1 amide bonds. The molecule has 0 unspecified atom stereocenters. The van der Waals surface area contributed by atoms with Crippen LogP contribution in [0.2, 0.25) is 0 Å². The highest BCUT2D eigenvalue weighted by Crippen LogP contribution is 2.33. The van der Waals surface area contributed by atoms with Gasteiger partial charge >= 0.3 is 0 Å². The summed E-state index contributed by atoms with van der Waals surface area (Å²) < 4.78 is 10.4. The first-order chi connectivity index (χ1) is 13.3. The Hall–Kier alpha value is -2.45. The standard InChI is InChI=1S/C19H20N4O3S/c24-19(16-11-12-3-1-2-4-15(12)27-16)20-13-5-6-14(18-17(13)21-26-22-18)23-7-9-25-10-8-23/h5-6,11H,1-4,7-10H2,(H,20,24). The lowest BCUT2D eigenvalue weighted by Crippen LogP contribution is -2.36. The van der Waals surface area contributed by atoms with Crippen molar-refractivity contribution in [2.24, 2.45) is 0 Å². The molecular formula is C19H20N4O3S. The molecule has 3 aromatic rings. The van der Waals surface area contributed by atoms with Crippen LogP contribution in [0.5, 0.6) is 0 Å². The number of carbonyl (C=O) groups excluding carboxylic acids is 1. The lowest BCUT2D eigenvalue weighted by molar-refractivity contribution is 0.103. The summed E-state index contributed by atoms with van der Waals surface area (Å²) in [5.41, 5.74) is 4.15. The number of anilines is 2. The largest absolute Gasteiger partial charge is 0.378 e. The predicted molar refractivity (Wildman–Crippen MR) is 104 cm³/mol. The van der Waals surface area contributed by atoms with Crippen LogP contribution in [0.3, 0.4) is 0 Å². The molecule has 1 saturated heterocycles. The third-order valence-electron chi connectivity index (χ3n) is 5.21. The SMILES string of the molecule is O=C(Nc1ccc(N2CCOCC2)c2nonc12)c1cc2c(s1)CCCC2. The summed E-state index contributed by atoms with van der Waals surface area (Å²) in [6.07, 6.45) is 4.58. The van der Waals surface area contributed by atoms with Gasteiger partial charge in [-0.2, -0.15) is 0 Å². The summed E-state index contributed by atoms with van der Waals surface area (Å²) in [5.74, 6) is -0.0992. The third-order valence-corrected chi connectivity index (χ3v) is 6.45. The molecule has 0 spiro atoms. The van der Waals surface area contributed by atoms with E-state index < -0.39 is 0 Å². The number of nitrogens with zero attached hydrogens (tertiary/aromatic N) is 3. The zero-order valence-corrected chi connectivity index (χ0v) is 15.7. The second-order valence-electron chi connectivity index (χ2n) is 6.91. The highest BCUT2D eigenvalue weighted by Gasteiger charge is 2.21. The molecule has 1 N–H and O–H groups in total. The number of morpholine rings is 1. The predicted octanol–water partition coefficient (Wildman–Crippen LogP) is 3.25. The van der Waals surface area contributed by atoms with Crippen molar-refractivity contribution in [2.45, 2.75) is 25.7 Å². The van der Waals surface area contributed by atoms with E-state index in [1.165, 1.54) is 23.3 Å². The highest BCUT2D eigenvalue weighted by atomic mass is 32.1. The number of amides is 1. The number of aromatic nitrogens is 2. The number of rotatable bonds is 3. The Morgan fingerprint density at radius 2 is 1.93 bits per heavy atom. The Morgan fingerprint density at radius 3 is 2.78 bits per heavy atom. The van der Waals surface area contributed by atoms with Crippen LogP contribution in [0, 0.1) is 0 Å². The molecule has 8 heteroatoms. The fraction of sp³-hybridized carbons (Fsp3) is 0.421. The second-order valence-corrected chi connectivity index (χ2v) is 8.05. The van der Waals surface area contributed by atoms with E-state index in [1.54, 1.807) is 11.3 Å². The van der Waals surface area contributed by atoms with E-state index in [4.69, 9.17) is 9.37 Å². The van der Waals surface area contributed by atoms with Gasteiger partial charge in [-0.1, -0.05) is 0 Å². The quantitative estimate of drug-likeness (QED) is 0.747. The molecule has 0 saturated carbocycles. The van der Waals surface area contributed by atoms with Crippen LogP contribution in [0.25, 0.3) is 11.0 Å². The monoisotopic (exact) mass is 384 g/mol. The van der Waals surface area contributed by atoms with Gasteiger partial charge in [0.1, 0.15) is 0 Å². The van der Waals surface area contributed by atoms with Gasteiger partial charge in [0, 0.05) is 18.0 Å². The number of carbonyl (C=O) groups is 1. The van der Waals surface area contributed by atoms with E-state index >= 15 is 0 Å². The van der Waals surface area contributed by atoms with Crippen LogP contribution >= 0.6 is 11.3 Å². The van der Waals surface area contributed by atoms with E-state index in [-0.39, 0.29) is 5.91 Å². The first kappa shape index (κ1) is 16.7. The summed E-state index contributed by atoms with van der Waals surface area (Å²) >= 11 is 1.60. The summed E-state index contributed by atoms with van der Waals surface area (Å²) in [7, 11) is 0. The van der Waals surface area contributed by atoms with Gasteiger partial charge in [0.2, 0.25) is 0 Å². The molecule has 1 aliphatic heterocycles. The minimum atomic E-state index is -0.0992. The number of aryl methyl sites for hydroxylation is 2. The van der Waals surface area contributed by atoms with Crippen molar-refractivity contribution in [2.75, 3.05) is 36.5 Å². The molecule has 2 aromatic heterocycles. The van der Waals surface area contributed by atoms with Gasteiger partial charge in [-0.15, -0.1) is 11.3 Å². The molecule has 0 bridgehead atoms. The van der Waals surface area contributed by atoms with Crippen molar-refractivity contribution in [1.82, 2.24) is 10.3 Å². The van der Waals surface area contributed by atoms with Crippen LogP contribution in [0.15, 0.2) is 22.8 Å². The summed E-state index contributed by atoms with van der Waals surface area (Å²) in [6, 6.07) is 5.88. The fourth-order valence-electron chi connectivity index (χ4n) is 3.80. The lowest BCUT2D eigenvalue weighted by atomic mass is 9.99. The molecule has 1 fully saturated rings. The van der Waals surface area contributed by atoms with Crippen molar-refractivity contribution in [3.63, 3.8) is 0 Å². The smallest absolute Gasteiger partial charge is 0.265 e.